The van der Waals surface area contributed by atoms with Crippen molar-refractivity contribution in [2.75, 3.05) is 6.54 Å². The standard InChI is InChI=1S/C23H22FNO5S/c1-23(2,3)30-20(26)13-25-21(27)19(31-22(25)28)12-16-6-4-5-7-18(16)29-14-15-8-10-17(24)11-9-15/h4-12H,13-14H2,1-3H3. The summed E-state index contributed by atoms with van der Waals surface area (Å²) in [5, 5.41) is -0.535. The van der Waals surface area contributed by atoms with E-state index in [-0.39, 0.29) is 17.3 Å². The van der Waals surface area contributed by atoms with Crippen LogP contribution in [0.4, 0.5) is 9.18 Å². The van der Waals surface area contributed by atoms with Crippen LogP contribution in [0.3, 0.4) is 0 Å². The Labute approximate surface area is 184 Å². The Morgan fingerprint density at radius 2 is 1.77 bits per heavy atom. The summed E-state index contributed by atoms with van der Waals surface area (Å²) in [5.74, 6) is -1.04. The Bertz CT molecular complexity index is 1030. The number of rotatable bonds is 6. The number of hydrogen-bond donors (Lipinski definition) is 0. The number of carbonyl (C=O) groups excluding carboxylic acids is 3. The van der Waals surface area contributed by atoms with Gasteiger partial charge in [-0.2, -0.15) is 0 Å². The lowest BCUT2D eigenvalue weighted by atomic mass is 10.1. The molecule has 2 aromatic carbocycles. The topological polar surface area (TPSA) is 72.9 Å². The van der Waals surface area contributed by atoms with Crippen LogP contribution in [0.2, 0.25) is 0 Å². The highest BCUT2D eigenvalue weighted by molar-refractivity contribution is 8.18. The minimum Gasteiger partial charge on any atom is -0.488 e. The molecule has 3 rings (SSSR count). The molecule has 162 valence electrons. The molecule has 0 bridgehead atoms. The average Bonchev–Trinajstić information content (AvgIpc) is 2.94. The molecule has 1 aliphatic rings. The third kappa shape index (κ3) is 6.18. The molecule has 0 spiro atoms. The fraction of sp³-hybridized carbons (Fsp3) is 0.261. The van der Waals surface area contributed by atoms with E-state index in [0.717, 1.165) is 22.2 Å². The maximum absolute atomic E-state index is 13.1. The number of amides is 2. The highest BCUT2D eigenvalue weighted by Crippen LogP contribution is 2.34. The molecule has 0 aliphatic carbocycles. The molecule has 0 N–H and O–H groups in total. The van der Waals surface area contributed by atoms with Gasteiger partial charge < -0.3 is 9.47 Å². The zero-order chi connectivity index (χ0) is 22.6. The van der Waals surface area contributed by atoms with E-state index in [0.29, 0.717) is 11.3 Å². The average molecular weight is 443 g/mol. The lowest BCUT2D eigenvalue weighted by Gasteiger charge is -2.21. The Morgan fingerprint density at radius 3 is 2.45 bits per heavy atom. The summed E-state index contributed by atoms with van der Waals surface area (Å²) in [6.07, 6.45) is 1.56. The fourth-order valence-electron chi connectivity index (χ4n) is 2.75. The molecule has 0 saturated carbocycles. The second kappa shape index (κ2) is 9.34. The van der Waals surface area contributed by atoms with Crippen molar-refractivity contribution in [3.63, 3.8) is 0 Å². The number of benzene rings is 2. The van der Waals surface area contributed by atoms with Crippen LogP contribution in [0, 0.1) is 5.82 Å². The van der Waals surface area contributed by atoms with E-state index in [2.05, 4.69) is 0 Å². The number of esters is 1. The van der Waals surface area contributed by atoms with Crippen molar-refractivity contribution >= 4 is 35.0 Å². The van der Waals surface area contributed by atoms with E-state index in [9.17, 15) is 18.8 Å². The Kier molecular flexibility index (Phi) is 6.80. The number of para-hydroxylation sites is 1. The summed E-state index contributed by atoms with van der Waals surface area (Å²) in [6, 6.07) is 13.0. The molecule has 0 unspecified atom stereocenters. The van der Waals surface area contributed by atoms with Gasteiger partial charge in [0.2, 0.25) is 0 Å². The lowest BCUT2D eigenvalue weighted by molar-refractivity contribution is -0.156. The first-order valence-electron chi connectivity index (χ1n) is 9.56. The third-order valence-electron chi connectivity index (χ3n) is 4.09. The van der Waals surface area contributed by atoms with E-state index in [1.807, 2.05) is 0 Å². The molecule has 1 heterocycles. The van der Waals surface area contributed by atoms with E-state index in [1.165, 1.54) is 12.1 Å². The summed E-state index contributed by atoms with van der Waals surface area (Å²) in [7, 11) is 0. The molecule has 1 aliphatic heterocycles. The van der Waals surface area contributed by atoms with Crippen LogP contribution >= 0.6 is 11.8 Å². The lowest BCUT2D eigenvalue weighted by Crippen LogP contribution is -2.37. The van der Waals surface area contributed by atoms with Crippen molar-refractivity contribution in [3.05, 3.63) is 70.4 Å². The van der Waals surface area contributed by atoms with Gasteiger partial charge in [0.25, 0.3) is 11.1 Å². The van der Waals surface area contributed by atoms with E-state index in [1.54, 1.807) is 63.2 Å². The quantitative estimate of drug-likeness (QED) is 0.473. The van der Waals surface area contributed by atoms with Gasteiger partial charge in [-0.25, -0.2) is 4.39 Å². The smallest absolute Gasteiger partial charge is 0.326 e. The molecule has 1 fully saturated rings. The van der Waals surface area contributed by atoms with Crippen LogP contribution in [0.15, 0.2) is 53.4 Å². The molecule has 0 aromatic heterocycles. The summed E-state index contributed by atoms with van der Waals surface area (Å²) in [6.45, 7) is 4.90. The van der Waals surface area contributed by atoms with Crippen LogP contribution in [-0.2, 0) is 20.9 Å². The highest BCUT2D eigenvalue weighted by atomic mass is 32.2. The molecule has 8 heteroatoms. The van der Waals surface area contributed by atoms with E-state index in [4.69, 9.17) is 9.47 Å². The first-order valence-corrected chi connectivity index (χ1v) is 10.4. The van der Waals surface area contributed by atoms with Gasteiger partial charge in [-0.1, -0.05) is 30.3 Å². The highest BCUT2D eigenvalue weighted by Gasteiger charge is 2.37. The monoisotopic (exact) mass is 443 g/mol. The van der Waals surface area contributed by atoms with E-state index < -0.39 is 29.3 Å². The molecule has 1 saturated heterocycles. The van der Waals surface area contributed by atoms with Gasteiger partial charge in [0.1, 0.15) is 30.3 Å². The maximum atomic E-state index is 13.1. The zero-order valence-corrected chi connectivity index (χ0v) is 18.2. The van der Waals surface area contributed by atoms with E-state index >= 15 is 0 Å². The first-order chi connectivity index (χ1) is 14.6. The van der Waals surface area contributed by atoms with Crippen molar-refractivity contribution in [1.82, 2.24) is 4.90 Å². The summed E-state index contributed by atoms with van der Waals surface area (Å²) in [4.78, 5) is 38.0. The second-order valence-corrected chi connectivity index (χ2v) is 8.80. The van der Waals surface area contributed by atoms with Crippen LogP contribution in [-0.4, -0.2) is 34.2 Å². The number of hydrogen-bond acceptors (Lipinski definition) is 6. The Hall–Kier alpha value is -3.13. The molecule has 0 radical (unpaired) electrons. The fourth-order valence-corrected chi connectivity index (χ4v) is 3.58. The van der Waals surface area contributed by atoms with Crippen LogP contribution in [0.5, 0.6) is 5.75 Å². The van der Waals surface area contributed by atoms with Gasteiger partial charge in [-0.3, -0.25) is 19.3 Å². The van der Waals surface area contributed by atoms with Crippen molar-refractivity contribution < 1.29 is 28.2 Å². The normalized spacial score (nSPS) is 15.5. The van der Waals surface area contributed by atoms with Crippen molar-refractivity contribution in [3.8, 4) is 5.75 Å². The number of carbonyl (C=O) groups is 3. The molecule has 2 amide bonds. The second-order valence-electron chi connectivity index (χ2n) is 7.81. The number of halogens is 1. The predicted octanol–water partition coefficient (Wildman–Crippen LogP) is 4.78. The summed E-state index contributed by atoms with van der Waals surface area (Å²) < 4.78 is 24.1. The SMILES string of the molecule is CC(C)(C)OC(=O)CN1C(=O)SC(=Cc2ccccc2OCc2ccc(F)cc2)C1=O. The number of thioether (sulfide) groups is 1. The van der Waals surface area contributed by atoms with Gasteiger partial charge >= 0.3 is 5.97 Å². The molecular weight excluding hydrogens is 421 g/mol. The third-order valence-corrected chi connectivity index (χ3v) is 5.00. The maximum Gasteiger partial charge on any atom is 0.326 e. The van der Waals surface area contributed by atoms with Crippen molar-refractivity contribution in [2.24, 2.45) is 0 Å². The predicted molar refractivity (Wildman–Crippen MR) is 116 cm³/mol. The Morgan fingerprint density at radius 1 is 1.10 bits per heavy atom. The van der Waals surface area contributed by atoms with Crippen LogP contribution in [0.1, 0.15) is 31.9 Å². The van der Waals surface area contributed by atoms with Gasteiger partial charge in [0, 0.05) is 5.56 Å². The molecule has 6 nitrogen and oxygen atoms in total. The number of nitrogens with zero attached hydrogens (tertiary/aromatic N) is 1. The van der Waals surface area contributed by atoms with Gasteiger partial charge in [0.05, 0.1) is 4.91 Å². The van der Waals surface area contributed by atoms with Crippen LogP contribution < -0.4 is 4.74 Å². The largest absolute Gasteiger partial charge is 0.488 e. The van der Waals surface area contributed by atoms with Gasteiger partial charge in [-0.05, 0) is 62.4 Å². The van der Waals surface area contributed by atoms with Gasteiger partial charge in [0.15, 0.2) is 0 Å². The van der Waals surface area contributed by atoms with Crippen LogP contribution in [0.25, 0.3) is 6.08 Å². The summed E-state index contributed by atoms with van der Waals surface area (Å²) in [5.41, 5.74) is 0.677. The minimum atomic E-state index is -0.713. The summed E-state index contributed by atoms with van der Waals surface area (Å²) >= 11 is 0.755. The van der Waals surface area contributed by atoms with Crippen molar-refractivity contribution in [2.45, 2.75) is 33.0 Å². The zero-order valence-electron chi connectivity index (χ0n) is 17.4. The van der Waals surface area contributed by atoms with Crippen molar-refractivity contribution in [1.29, 1.82) is 0 Å². The molecule has 2 aromatic rings. The molecule has 31 heavy (non-hydrogen) atoms. The first kappa shape index (κ1) is 22.6. The number of imide groups is 1. The molecule has 0 atom stereocenters. The minimum absolute atomic E-state index is 0.186. The Balaban J connectivity index is 1.73. The number of ether oxygens (including phenoxy) is 2. The molecular formula is C23H22FNO5S. The van der Waals surface area contributed by atoms with Gasteiger partial charge in [-0.15, -0.1) is 0 Å².